The van der Waals surface area contributed by atoms with E-state index in [4.69, 9.17) is 8.94 Å². The minimum Gasteiger partial charge on any atom is -0.461 e. The van der Waals surface area contributed by atoms with Crippen LogP contribution >= 0.6 is 0 Å². The van der Waals surface area contributed by atoms with Gasteiger partial charge in [0.1, 0.15) is 18.3 Å². The molecule has 0 fully saturated rings. The molecule has 3 aromatic rings. The lowest BCUT2D eigenvalue weighted by Gasteiger charge is -2.10. The predicted octanol–water partition coefficient (Wildman–Crippen LogP) is 1.48. The molecule has 1 N–H and O–H groups in total. The predicted molar refractivity (Wildman–Crippen MR) is 75.2 cm³/mol. The number of carbonyl (C=O) groups excluding carboxylic acids is 1. The first-order chi connectivity index (χ1) is 10.7. The first kappa shape index (κ1) is 14.1. The van der Waals surface area contributed by atoms with Crippen molar-refractivity contribution >= 4 is 5.91 Å². The number of nitrogens with one attached hydrogen (secondary N) is 1. The highest BCUT2D eigenvalue weighted by Gasteiger charge is 2.15. The number of hydrogen-bond acceptors (Lipinski definition) is 6. The third kappa shape index (κ3) is 3.22. The summed E-state index contributed by atoms with van der Waals surface area (Å²) in [6.07, 6.45) is 4.58. The molecule has 8 heteroatoms. The van der Waals surface area contributed by atoms with E-state index in [1.165, 1.54) is 6.33 Å². The van der Waals surface area contributed by atoms with Gasteiger partial charge in [0.05, 0.1) is 25.3 Å². The Kier molecular flexibility index (Phi) is 3.99. The largest absolute Gasteiger partial charge is 0.461 e. The van der Waals surface area contributed by atoms with E-state index < -0.39 is 0 Å². The van der Waals surface area contributed by atoms with Gasteiger partial charge in [-0.1, -0.05) is 12.1 Å². The molecular weight excluding hydrogens is 286 g/mol. The molecule has 0 aliphatic carbocycles. The van der Waals surface area contributed by atoms with E-state index >= 15 is 0 Å². The minimum absolute atomic E-state index is 0.0851. The van der Waals surface area contributed by atoms with Crippen LogP contribution in [-0.4, -0.2) is 25.8 Å². The monoisotopic (exact) mass is 301 g/mol. The Balaban J connectivity index is 1.52. The summed E-state index contributed by atoms with van der Waals surface area (Å²) in [5, 5.41) is 10.7. The molecule has 0 aliphatic heterocycles. The molecule has 22 heavy (non-hydrogen) atoms. The van der Waals surface area contributed by atoms with Crippen molar-refractivity contribution in [1.82, 2.24) is 25.2 Å². The fraction of sp³-hybridized carbons (Fsp3) is 0.286. The number of carbonyl (C=O) groups is 1. The smallest absolute Gasteiger partial charge is 0.225 e. The van der Waals surface area contributed by atoms with Gasteiger partial charge in [-0.3, -0.25) is 9.48 Å². The average molecular weight is 301 g/mol. The van der Waals surface area contributed by atoms with E-state index in [1.807, 2.05) is 6.92 Å². The molecule has 3 heterocycles. The van der Waals surface area contributed by atoms with Crippen molar-refractivity contribution in [3.63, 3.8) is 0 Å². The first-order valence-corrected chi connectivity index (χ1v) is 6.82. The van der Waals surface area contributed by atoms with Crippen molar-refractivity contribution in [1.29, 1.82) is 0 Å². The van der Waals surface area contributed by atoms with Crippen LogP contribution in [0, 0.1) is 5.92 Å². The fourth-order valence-corrected chi connectivity index (χ4v) is 1.97. The molecular formula is C14H15N5O3. The molecule has 0 saturated carbocycles. The van der Waals surface area contributed by atoms with Crippen LogP contribution in [0.4, 0.5) is 0 Å². The summed E-state index contributed by atoms with van der Waals surface area (Å²) < 4.78 is 12.0. The van der Waals surface area contributed by atoms with E-state index in [-0.39, 0.29) is 11.8 Å². The summed E-state index contributed by atoms with van der Waals surface area (Å²) in [6, 6.07) is 5.29. The SMILES string of the molecule is CC(Cn1cncn1)C(=O)NCc1cc(-c2ccco2)on1. The number of amides is 1. The zero-order valence-corrected chi connectivity index (χ0v) is 12.0. The summed E-state index contributed by atoms with van der Waals surface area (Å²) in [5.41, 5.74) is 0.632. The maximum Gasteiger partial charge on any atom is 0.225 e. The summed E-state index contributed by atoms with van der Waals surface area (Å²) in [4.78, 5) is 15.9. The third-order valence-electron chi connectivity index (χ3n) is 3.14. The van der Waals surface area contributed by atoms with E-state index in [0.29, 0.717) is 30.3 Å². The van der Waals surface area contributed by atoms with Crippen LogP contribution in [0.5, 0.6) is 0 Å². The van der Waals surface area contributed by atoms with Crippen molar-refractivity contribution in [2.75, 3.05) is 0 Å². The van der Waals surface area contributed by atoms with Crippen LogP contribution in [-0.2, 0) is 17.9 Å². The molecule has 3 rings (SSSR count). The highest BCUT2D eigenvalue weighted by Crippen LogP contribution is 2.20. The molecule has 0 spiro atoms. The number of rotatable bonds is 6. The van der Waals surface area contributed by atoms with E-state index in [1.54, 1.807) is 35.5 Å². The Morgan fingerprint density at radius 3 is 3.09 bits per heavy atom. The van der Waals surface area contributed by atoms with Crippen LogP contribution in [0.3, 0.4) is 0 Å². The average Bonchev–Trinajstić information content (AvgIpc) is 3.25. The Morgan fingerprint density at radius 1 is 1.45 bits per heavy atom. The van der Waals surface area contributed by atoms with Gasteiger partial charge in [-0.15, -0.1) is 0 Å². The van der Waals surface area contributed by atoms with Gasteiger partial charge in [0, 0.05) is 6.07 Å². The maximum atomic E-state index is 12.0. The number of nitrogens with zero attached hydrogens (tertiary/aromatic N) is 4. The van der Waals surface area contributed by atoms with E-state index in [9.17, 15) is 4.79 Å². The molecule has 1 unspecified atom stereocenters. The lowest BCUT2D eigenvalue weighted by Crippen LogP contribution is -2.31. The van der Waals surface area contributed by atoms with Gasteiger partial charge in [0.25, 0.3) is 0 Å². The number of furan rings is 1. The second-order valence-electron chi connectivity index (χ2n) is 4.90. The second-order valence-corrected chi connectivity index (χ2v) is 4.90. The summed E-state index contributed by atoms with van der Waals surface area (Å²) >= 11 is 0. The maximum absolute atomic E-state index is 12.0. The van der Waals surface area contributed by atoms with Gasteiger partial charge in [0.15, 0.2) is 5.76 Å². The van der Waals surface area contributed by atoms with Crippen LogP contribution in [0.1, 0.15) is 12.6 Å². The normalized spacial score (nSPS) is 12.2. The molecule has 0 aromatic carbocycles. The molecule has 1 amide bonds. The molecule has 0 radical (unpaired) electrons. The van der Waals surface area contributed by atoms with Gasteiger partial charge in [-0.05, 0) is 12.1 Å². The standard InChI is InChI=1S/C14H15N5O3/c1-10(7-19-9-15-8-17-19)14(20)16-6-11-5-13(22-18-11)12-3-2-4-21-12/h2-5,8-10H,6-7H2,1H3,(H,16,20). The van der Waals surface area contributed by atoms with Gasteiger partial charge < -0.3 is 14.3 Å². The lowest BCUT2D eigenvalue weighted by atomic mass is 10.1. The topological polar surface area (TPSA) is 99.0 Å². The quantitative estimate of drug-likeness (QED) is 0.740. The van der Waals surface area contributed by atoms with Crippen molar-refractivity contribution in [3.05, 3.63) is 42.8 Å². The van der Waals surface area contributed by atoms with E-state index in [2.05, 4.69) is 20.6 Å². The van der Waals surface area contributed by atoms with Crippen molar-refractivity contribution in [2.24, 2.45) is 5.92 Å². The van der Waals surface area contributed by atoms with Crippen LogP contribution in [0.2, 0.25) is 0 Å². The summed E-state index contributed by atoms with van der Waals surface area (Å²) in [6.45, 7) is 2.60. The van der Waals surface area contributed by atoms with Crippen LogP contribution in [0.15, 0.2) is 46.1 Å². The lowest BCUT2D eigenvalue weighted by molar-refractivity contribution is -0.125. The van der Waals surface area contributed by atoms with Crippen molar-refractivity contribution in [3.8, 4) is 11.5 Å². The molecule has 114 valence electrons. The number of aromatic nitrogens is 4. The van der Waals surface area contributed by atoms with Crippen molar-refractivity contribution in [2.45, 2.75) is 20.0 Å². The molecule has 0 bridgehead atoms. The van der Waals surface area contributed by atoms with Gasteiger partial charge in [-0.2, -0.15) is 5.10 Å². The molecule has 1 atom stereocenters. The highest BCUT2D eigenvalue weighted by atomic mass is 16.5. The zero-order chi connectivity index (χ0) is 15.4. The zero-order valence-electron chi connectivity index (χ0n) is 12.0. The molecule has 3 aromatic heterocycles. The molecule has 8 nitrogen and oxygen atoms in total. The summed E-state index contributed by atoms with van der Waals surface area (Å²) in [7, 11) is 0. The van der Waals surface area contributed by atoms with Gasteiger partial charge in [-0.25, -0.2) is 4.98 Å². The fourth-order valence-electron chi connectivity index (χ4n) is 1.97. The second kappa shape index (κ2) is 6.25. The Labute approximate surface area is 126 Å². The first-order valence-electron chi connectivity index (χ1n) is 6.82. The highest BCUT2D eigenvalue weighted by molar-refractivity contribution is 5.78. The Morgan fingerprint density at radius 2 is 2.36 bits per heavy atom. The Hall–Kier alpha value is -2.90. The summed E-state index contributed by atoms with van der Waals surface area (Å²) in [5.74, 6) is 0.825. The van der Waals surface area contributed by atoms with Crippen LogP contribution in [0.25, 0.3) is 11.5 Å². The van der Waals surface area contributed by atoms with E-state index in [0.717, 1.165) is 0 Å². The van der Waals surface area contributed by atoms with Crippen molar-refractivity contribution < 1.29 is 13.7 Å². The van der Waals surface area contributed by atoms with Gasteiger partial charge in [0.2, 0.25) is 11.7 Å². The molecule has 0 saturated heterocycles. The minimum atomic E-state index is -0.224. The Bertz CT molecular complexity index is 718. The number of hydrogen-bond donors (Lipinski definition) is 1. The third-order valence-corrected chi connectivity index (χ3v) is 3.14. The van der Waals surface area contributed by atoms with Gasteiger partial charge >= 0.3 is 0 Å². The molecule has 0 aliphatic rings. The van der Waals surface area contributed by atoms with Crippen LogP contribution < -0.4 is 5.32 Å².